The first-order valence-corrected chi connectivity index (χ1v) is 10.9. The predicted molar refractivity (Wildman–Crippen MR) is 120 cm³/mol. The van der Waals surface area contributed by atoms with E-state index in [4.69, 9.17) is 9.52 Å². The quantitative estimate of drug-likeness (QED) is 0.399. The van der Waals surface area contributed by atoms with E-state index in [2.05, 4.69) is 4.98 Å². The summed E-state index contributed by atoms with van der Waals surface area (Å²) in [6, 6.07) is 9.81. The van der Waals surface area contributed by atoms with E-state index < -0.39 is 23.5 Å². The maximum Gasteiger partial charge on any atom is 0.416 e. The van der Waals surface area contributed by atoms with Gasteiger partial charge in [-0.1, -0.05) is 24.3 Å². The van der Waals surface area contributed by atoms with Crippen molar-refractivity contribution in [3.05, 3.63) is 95.0 Å². The van der Waals surface area contributed by atoms with Crippen molar-refractivity contribution in [3.8, 4) is 0 Å². The van der Waals surface area contributed by atoms with Crippen LogP contribution in [0.2, 0.25) is 0 Å². The number of carboxylic acids is 1. The molecule has 4 rings (SSSR count). The molecule has 3 aromatic rings. The van der Waals surface area contributed by atoms with Gasteiger partial charge in [-0.05, 0) is 41.0 Å². The number of oxazole rings is 1. The molecular formula is C25H21F4N3O4. The highest BCUT2D eigenvalue weighted by atomic mass is 19.4. The first kappa shape index (κ1) is 25.1. The lowest BCUT2D eigenvalue weighted by atomic mass is 9.96. The topological polar surface area (TPSA) is 86.9 Å². The first-order valence-electron chi connectivity index (χ1n) is 10.9. The summed E-state index contributed by atoms with van der Waals surface area (Å²) in [5.41, 5.74) is 0.257. The standard InChI is InChI=1S/C25H21F4N3O4/c26-19-7-3-17(4-8-19)20(16-1-5-18(6-2-16)25(27,28)29)13-23(33)32-11-9-31(10-12-32)14-22-30-21(15-36-22)24(34)35/h1-8,13,15H,9-12,14H2,(H,34,35). The van der Waals surface area contributed by atoms with Crippen LogP contribution in [-0.4, -0.2) is 57.9 Å². The Morgan fingerprint density at radius 1 is 0.972 bits per heavy atom. The average Bonchev–Trinajstić information content (AvgIpc) is 3.32. The first-order chi connectivity index (χ1) is 17.1. The van der Waals surface area contributed by atoms with Crippen LogP contribution in [0.25, 0.3) is 5.57 Å². The third kappa shape index (κ3) is 5.98. The molecule has 0 aliphatic carbocycles. The van der Waals surface area contributed by atoms with Crippen LogP contribution in [0.3, 0.4) is 0 Å². The molecule has 1 N–H and O–H groups in total. The zero-order valence-electron chi connectivity index (χ0n) is 18.8. The van der Waals surface area contributed by atoms with Crippen molar-refractivity contribution >= 4 is 17.4 Å². The molecule has 0 atom stereocenters. The van der Waals surface area contributed by atoms with Crippen LogP contribution in [0.15, 0.2) is 65.3 Å². The summed E-state index contributed by atoms with van der Waals surface area (Å²) >= 11 is 0. The van der Waals surface area contributed by atoms with E-state index in [9.17, 15) is 27.2 Å². The van der Waals surface area contributed by atoms with Crippen LogP contribution in [0.4, 0.5) is 17.6 Å². The molecule has 188 valence electrons. The van der Waals surface area contributed by atoms with Gasteiger partial charge in [0.15, 0.2) is 5.69 Å². The monoisotopic (exact) mass is 503 g/mol. The number of benzene rings is 2. The average molecular weight is 503 g/mol. The van der Waals surface area contributed by atoms with Crippen LogP contribution in [-0.2, 0) is 17.5 Å². The van der Waals surface area contributed by atoms with Crippen molar-refractivity contribution in [2.45, 2.75) is 12.7 Å². The number of carbonyl (C=O) groups excluding carboxylic acids is 1. The fourth-order valence-corrected chi connectivity index (χ4v) is 3.82. The third-order valence-corrected chi connectivity index (χ3v) is 5.76. The number of halogens is 4. The van der Waals surface area contributed by atoms with E-state index in [1.54, 1.807) is 4.90 Å². The van der Waals surface area contributed by atoms with Crippen molar-refractivity contribution < 1.29 is 36.7 Å². The van der Waals surface area contributed by atoms with Crippen LogP contribution in [0.1, 0.15) is 33.1 Å². The molecule has 0 unspecified atom stereocenters. The Morgan fingerprint density at radius 3 is 2.08 bits per heavy atom. The largest absolute Gasteiger partial charge is 0.476 e. The molecule has 0 bridgehead atoms. The molecule has 1 aliphatic rings. The number of carbonyl (C=O) groups is 2. The second kappa shape index (κ2) is 10.3. The van der Waals surface area contributed by atoms with Gasteiger partial charge in [0.25, 0.3) is 0 Å². The fraction of sp³-hybridized carbons (Fsp3) is 0.240. The smallest absolute Gasteiger partial charge is 0.416 e. The molecule has 1 aliphatic heterocycles. The van der Waals surface area contributed by atoms with Crippen LogP contribution < -0.4 is 0 Å². The molecule has 7 nitrogen and oxygen atoms in total. The number of aromatic carboxylic acids is 1. The van der Waals surface area contributed by atoms with Gasteiger partial charge >= 0.3 is 12.1 Å². The Kier molecular flexibility index (Phi) is 7.20. The lowest BCUT2D eigenvalue weighted by Crippen LogP contribution is -2.47. The molecule has 2 heterocycles. The highest BCUT2D eigenvalue weighted by Gasteiger charge is 2.30. The van der Waals surface area contributed by atoms with Gasteiger partial charge in [-0.15, -0.1) is 0 Å². The normalized spacial score (nSPS) is 15.2. The summed E-state index contributed by atoms with van der Waals surface area (Å²) in [6.45, 7) is 1.99. The summed E-state index contributed by atoms with van der Waals surface area (Å²) < 4.78 is 57.6. The van der Waals surface area contributed by atoms with Crippen molar-refractivity contribution in [1.29, 1.82) is 0 Å². The minimum Gasteiger partial charge on any atom is -0.476 e. The van der Waals surface area contributed by atoms with Gasteiger partial charge in [0.1, 0.15) is 12.1 Å². The highest BCUT2D eigenvalue weighted by molar-refractivity contribution is 5.99. The maximum absolute atomic E-state index is 13.5. The third-order valence-electron chi connectivity index (χ3n) is 5.76. The zero-order valence-corrected chi connectivity index (χ0v) is 18.8. The van der Waals surface area contributed by atoms with Crippen molar-refractivity contribution in [2.75, 3.05) is 26.2 Å². The lowest BCUT2D eigenvalue weighted by Gasteiger charge is -2.33. The Labute approximate surface area is 203 Å². The summed E-state index contributed by atoms with van der Waals surface area (Å²) in [5, 5.41) is 8.94. The molecular weight excluding hydrogens is 482 g/mol. The molecule has 36 heavy (non-hydrogen) atoms. The number of rotatable bonds is 6. The van der Waals surface area contributed by atoms with Gasteiger partial charge in [-0.25, -0.2) is 14.2 Å². The molecule has 1 fully saturated rings. The number of nitrogens with zero attached hydrogens (tertiary/aromatic N) is 3. The highest BCUT2D eigenvalue weighted by Crippen LogP contribution is 2.31. The van der Waals surface area contributed by atoms with Gasteiger partial charge in [0, 0.05) is 32.3 Å². The Balaban J connectivity index is 1.49. The molecule has 1 aromatic heterocycles. The molecule has 2 aromatic carbocycles. The summed E-state index contributed by atoms with van der Waals surface area (Å²) in [4.78, 5) is 31.5. The van der Waals surface area contributed by atoms with Crippen LogP contribution in [0.5, 0.6) is 0 Å². The minimum atomic E-state index is -4.49. The SMILES string of the molecule is O=C(O)c1coc(CN2CCN(C(=O)C=C(c3ccc(F)cc3)c3ccc(C(F)(F)F)cc3)CC2)n1. The summed E-state index contributed by atoms with van der Waals surface area (Å²) in [6.07, 6.45) is -2.08. The van der Waals surface area contributed by atoms with E-state index in [1.807, 2.05) is 4.90 Å². The molecule has 1 amide bonds. The van der Waals surface area contributed by atoms with Crippen molar-refractivity contribution in [2.24, 2.45) is 0 Å². The molecule has 0 saturated carbocycles. The van der Waals surface area contributed by atoms with E-state index >= 15 is 0 Å². The number of aromatic nitrogens is 1. The molecule has 0 spiro atoms. The minimum absolute atomic E-state index is 0.180. The fourth-order valence-electron chi connectivity index (χ4n) is 3.82. The van der Waals surface area contributed by atoms with Crippen LogP contribution >= 0.6 is 0 Å². The lowest BCUT2D eigenvalue weighted by molar-refractivity contribution is -0.137. The molecule has 11 heteroatoms. The van der Waals surface area contributed by atoms with E-state index in [0.717, 1.165) is 18.4 Å². The van der Waals surface area contributed by atoms with Gasteiger partial charge in [-0.2, -0.15) is 13.2 Å². The van der Waals surface area contributed by atoms with E-state index in [0.29, 0.717) is 42.9 Å². The maximum atomic E-state index is 13.5. The second-order valence-corrected chi connectivity index (χ2v) is 8.17. The molecule has 1 saturated heterocycles. The number of piperazine rings is 1. The Bertz CT molecular complexity index is 1260. The zero-order chi connectivity index (χ0) is 25.9. The second-order valence-electron chi connectivity index (χ2n) is 8.17. The van der Waals surface area contributed by atoms with Crippen LogP contribution in [0, 0.1) is 5.82 Å². The number of hydrogen-bond acceptors (Lipinski definition) is 5. The predicted octanol–water partition coefficient (Wildman–Crippen LogP) is 4.31. The van der Waals surface area contributed by atoms with E-state index in [1.165, 1.54) is 42.5 Å². The summed E-state index contributed by atoms with van der Waals surface area (Å²) in [5.74, 6) is -1.74. The van der Waals surface area contributed by atoms with Gasteiger partial charge in [-0.3, -0.25) is 9.69 Å². The Morgan fingerprint density at radius 2 is 1.56 bits per heavy atom. The summed E-state index contributed by atoms with van der Waals surface area (Å²) in [7, 11) is 0. The number of carboxylic acid groups (broad SMARTS) is 1. The van der Waals surface area contributed by atoms with Crippen molar-refractivity contribution in [1.82, 2.24) is 14.8 Å². The Hall–Kier alpha value is -3.99. The number of amides is 1. The van der Waals surface area contributed by atoms with Gasteiger partial charge in [0.05, 0.1) is 12.1 Å². The molecule has 0 radical (unpaired) electrons. The van der Waals surface area contributed by atoms with Gasteiger partial charge in [0.2, 0.25) is 11.8 Å². The van der Waals surface area contributed by atoms with Gasteiger partial charge < -0.3 is 14.4 Å². The van der Waals surface area contributed by atoms with E-state index in [-0.39, 0.29) is 24.0 Å². The number of alkyl halides is 3. The number of hydrogen-bond donors (Lipinski definition) is 1. The van der Waals surface area contributed by atoms with Crippen molar-refractivity contribution in [3.63, 3.8) is 0 Å².